The number of nitrogens with zero attached hydrogens (tertiary/aromatic N) is 1. The molecule has 1 aromatic heterocycles. The summed E-state index contributed by atoms with van der Waals surface area (Å²) in [6, 6.07) is 12.4. The summed E-state index contributed by atoms with van der Waals surface area (Å²) < 4.78 is 19.1. The number of carbonyl (C=O) groups is 1. The molecule has 0 unspecified atom stereocenters. The van der Waals surface area contributed by atoms with Crippen molar-refractivity contribution in [3.8, 4) is 28.3 Å². The molecule has 0 atom stereocenters. The van der Waals surface area contributed by atoms with E-state index in [9.17, 15) is 9.18 Å². The third-order valence-corrected chi connectivity index (χ3v) is 4.72. The van der Waals surface area contributed by atoms with Gasteiger partial charge < -0.3 is 10.5 Å². The molecule has 2 N–H and O–H groups in total. The average Bonchev–Trinajstić information content (AvgIpc) is 2.97. The van der Waals surface area contributed by atoms with Crippen LogP contribution in [0, 0.1) is 12.7 Å². The summed E-state index contributed by atoms with van der Waals surface area (Å²) in [6.07, 6.45) is 0.620. The number of aromatic nitrogens is 1. The largest absolute Gasteiger partial charge is 0.494 e. The highest BCUT2D eigenvalue weighted by Crippen LogP contribution is 2.39. The molecule has 0 bridgehead atoms. The van der Waals surface area contributed by atoms with Gasteiger partial charge in [-0.2, -0.15) is 0 Å². The number of nitrogens with two attached hydrogens (primary N) is 1. The summed E-state index contributed by atoms with van der Waals surface area (Å²) in [4.78, 5) is 16.7. The van der Waals surface area contributed by atoms with Gasteiger partial charge in [0.2, 0.25) is 5.91 Å². The lowest BCUT2D eigenvalue weighted by molar-refractivity contribution is 0.0999. The van der Waals surface area contributed by atoms with E-state index in [0.717, 1.165) is 27.9 Å². The van der Waals surface area contributed by atoms with Gasteiger partial charge in [-0.3, -0.25) is 4.79 Å². The molecule has 0 saturated carbocycles. The third-order valence-electron chi connectivity index (χ3n) is 4.72. The van der Waals surface area contributed by atoms with E-state index >= 15 is 0 Å². The molecule has 3 aromatic rings. The Morgan fingerprint density at radius 1 is 1.19 bits per heavy atom. The van der Waals surface area contributed by atoms with E-state index in [1.54, 1.807) is 18.2 Å². The van der Waals surface area contributed by atoms with Crippen molar-refractivity contribution in [2.75, 3.05) is 7.11 Å². The predicted molar refractivity (Wildman–Crippen MR) is 97.7 cm³/mol. The van der Waals surface area contributed by atoms with Crippen molar-refractivity contribution in [3.05, 3.63) is 70.5 Å². The van der Waals surface area contributed by atoms with Crippen LogP contribution in [0.3, 0.4) is 0 Å². The van der Waals surface area contributed by atoms with Gasteiger partial charge in [0.15, 0.2) is 11.6 Å². The van der Waals surface area contributed by atoms with E-state index < -0.39 is 11.7 Å². The number of amides is 1. The zero-order chi connectivity index (χ0) is 18.4. The standard InChI is InChI=1S/C21H17FN2O2/c1-11-3-5-14-13(7-11)8-15-16(21(23)25)10-18(24-20(14)15)12-4-6-19(26-2)17(22)9-12/h3-7,9-10H,8H2,1-2H3,(H2,23,25). The Morgan fingerprint density at radius 3 is 2.69 bits per heavy atom. The maximum absolute atomic E-state index is 14.1. The first-order valence-electron chi connectivity index (χ1n) is 8.25. The zero-order valence-electron chi connectivity index (χ0n) is 14.5. The van der Waals surface area contributed by atoms with Crippen molar-refractivity contribution in [2.24, 2.45) is 5.73 Å². The Morgan fingerprint density at radius 2 is 2.00 bits per heavy atom. The van der Waals surface area contributed by atoms with Gasteiger partial charge in [0.25, 0.3) is 0 Å². The zero-order valence-corrected chi connectivity index (χ0v) is 14.5. The van der Waals surface area contributed by atoms with Crippen LogP contribution in [0.4, 0.5) is 4.39 Å². The molecule has 0 spiro atoms. The normalized spacial score (nSPS) is 11.8. The van der Waals surface area contributed by atoms with Crippen molar-refractivity contribution < 1.29 is 13.9 Å². The number of pyridine rings is 1. The smallest absolute Gasteiger partial charge is 0.249 e. The van der Waals surface area contributed by atoms with Crippen molar-refractivity contribution >= 4 is 5.91 Å². The van der Waals surface area contributed by atoms with Crippen molar-refractivity contribution in [1.82, 2.24) is 4.98 Å². The van der Waals surface area contributed by atoms with Gasteiger partial charge in [0.05, 0.1) is 18.5 Å². The second-order valence-electron chi connectivity index (χ2n) is 6.43. The van der Waals surface area contributed by atoms with E-state index in [0.29, 0.717) is 23.2 Å². The van der Waals surface area contributed by atoms with Crippen LogP contribution in [-0.4, -0.2) is 18.0 Å². The van der Waals surface area contributed by atoms with E-state index in [4.69, 9.17) is 15.5 Å². The number of benzene rings is 2. The fourth-order valence-corrected chi connectivity index (χ4v) is 3.46. The van der Waals surface area contributed by atoms with E-state index in [1.165, 1.54) is 13.2 Å². The minimum absolute atomic E-state index is 0.158. The first-order valence-corrected chi connectivity index (χ1v) is 8.25. The minimum atomic E-state index is -0.511. The third kappa shape index (κ3) is 2.52. The Balaban J connectivity index is 1.93. The number of rotatable bonds is 3. The number of hydrogen-bond donors (Lipinski definition) is 1. The Bertz CT molecular complexity index is 1060. The molecule has 0 aliphatic heterocycles. The molecule has 0 saturated heterocycles. The lowest BCUT2D eigenvalue weighted by Crippen LogP contribution is -2.14. The average molecular weight is 348 g/mol. The monoisotopic (exact) mass is 348 g/mol. The molecule has 0 radical (unpaired) electrons. The molecule has 0 fully saturated rings. The van der Waals surface area contributed by atoms with Crippen LogP contribution in [0.1, 0.15) is 27.0 Å². The van der Waals surface area contributed by atoms with Crippen LogP contribution in [0.2, 0.25) is 0 Å². The number of primary amides is 1. The second kappa shape index (κ2) is 5.95. The summed E-state index contributed by atoms with van der Waals surface area (Å²) >= 11 is 0. The first-order chi connectivity index (χ1) is 12.5. The lowest BCUT2D eigenvalue weighted by Gasteiger charge is -2.10. The summed E-state index contributed by atoms with van der Waals surface area (Å²) in [6.45, 7) is 2.03. The Labute approximate surface area is 150 Å². The molecule has 26 heavy (non-hydrogen) atoms. The summed E-state index contributed by atoms with van der Waals surface area (Å²) in [5.41, 5.74) is 11.9. The summed E-state index contributed by atoms with van der Waals surface area (Å²) in [7, 11) is 1.41. The first kappa shape index (κ1) is 16.3. The van der Waals surface area contributed by atoms with Crippen molar-refractivity contribution in [1.29, 1.82) is 0 Å². The highest BCUT2D eigenvalue weighted by atomic mass is 19.1. The van der Waals surface area contributed by atoms with Crippen LogP contribution in [0.5, 0.6) is 5.75 Å². The van der Waals surface area contributed by atoms with Crippen LogP contribution in [0.15, 0.2) is 42.5 Å². The van der Waals surface area contributed by atoms with Gasteiger partial charge in [-0.25, -0.2) is 9.37 Å². The number of halogens is 1. The quantitative estimate of drug-likeness (QED) is 0.611. The maximum Gasteiger partial charge on any atom is 0.249 e. The van der Waals surface area contributed by atoms with Crippen LogP contribution >= 0.6 is 0 Å². The topological polar surface area (TPSA) is 65.2 Å². The van der Waals surface area contributed by atoms with Gasteiger partial charge in [0, 0.05) is 23.1 Å². The van der Waals surface area contributed by atoms with Gasteiger partial charge in [-0.05, 0) is 42.3 Å². The van der Waals surface area contributed by atoms with Gasteiger partial charge >= 0.3 is 0 Å². The van der Waals surface area contributed by atoms with Gasteiger partial charge in [0.1, 0.15) is 0 Å². The molecule has 4 nitrogen and oxygen atoms in total. The lowest BCUT2D eigenvalue weighted by atomic mass is 10.0. The second-order valence-corrected chi connectivity index (χ2v) is 6.43. The number of aryl methyl sites for hydroxylation is 1. The molecule has 130 valence electrons. The molecular formula is C21H17FN2O2. The van der Waals surface area contributed by atoms with E-state index in [1.807, 2.05) is 19.1 Å². The molecule has 5 heteroatoms. The van der Waals surface area contributed by atoms with E-state index in [2.05, 4.69) is 6.07 Å². The predicted octanol–water partition coefficient (Wildman–Crippen LogP) is 3.87. The van der Waals surface area contributed by atoms with Crippen molar-refractivity contribution in [2.45, 2.75) is 13.3 Å². The number of ether oxygens (including phenoxy) is 1. The number of methoxy groups -OCH3 is 1. The van der Waals surface area contributed by atoms with Gasteiger partial charge in [-0.15, -0.1) is 0 Å². The minimum Gasteiger partial charge on any atom is -0.494 e. The number of fused-ring (bicyclic) bond motifs is 3. The Hall–Kier alpha value is -3.21. The summed E-state index contributed by atoms with van der Waals surface area (Å²) in [5, 5.41) is 0. The van der Waals surface area contributed by atoms with Gasteiger partial charge in [-0.1, -0.05) is 23.8 Å². The number of carbonyl (C=O) groups excluding carboxylic acids is 1. The molecule has 1 aliphatic rings. The molecular weight excluding hydrogens is 331 g/mol. The highest BCUT2D eigenvalue weighted by molar-refractivity contribution is 5.98. The van der Waals surface area contributed by atoms with Crippen LogP contribution in [0.25, 0.3) is 22.5 Å². The SMILES string of the molecule is COc1ccc(-c2cc(C(N)=O)c3c(n2)-c2ccc(C)cc2C3)cc1F. The fourth-order valence-electron chi connectivity index (χ4n) is 3.46. The molecule has 1 heterocycles. The molecule has 2 aromatic carbocycles. The van der Waals surface area contributed by atoms with Crippen molar-refractivity contribution in [3.63, 3.8) is 0 Å². The van der Waals surface area contributed by atoms with Crippen LogP contribution < -0.4 is 10.5 Å². The number of hydrogen-bond acceptors (Lipinski definition) is 3. The molecule has 1 amide bonds. The highest BCUT2D eigenvalue weighted by Gasteiger charge is 2.26. The fraction of sp³-hybridized carbons (Fsp3) is 0.143. The summed E-state index contributed by atoms with van der Waals surface area (Å²) in [5.74, 6) is -0.835. The maximum atomic E-state index is 14.1. The van der Waals surface area contributed by atoms with Crippen LogP contribution in [-0.2, 0) is 6.42 Å². The van der Waals surface area contributed by atoms with E-state index in [-0.39, 0.29) is 5.75 Å². The molecule has 4 rings (SSSR count). The molecule has 1 aliphatic carbocycles. The Kier molecular flexibility index (Phi) is 3.72.